The van der Waals surface area contributed by atoms with Crippen LogP contribution in [0.3, 0.4) is 0 Å². The molecule has 0 bridgehead atoms. The molecule has 2 aliphatic rings. The molecular weight excluding hydrogens is 324 g/mol. The summed E-state index contributed by atoms with van der Waals surface area (Å²) in [6.45, 7) is 5.01. The lowest BCUT2D eigenvalue weighted by molar-refractivity contribution is 0.140. The number of aliphatic hydroxyl groups is 1. The highest BCUT2D eigenvalue weighted by Crippen LogP contribution is 2.29. The Morgan fingerprint density at radius 1 is 1.32 bits per heavy atom. The second-order valence-electron chi connectivity index (χ2n) is 6.72. The van der Waals surface area contributed by atoms with Crippen molar-refractivity contribution in [2.75, 3.05) is 43.2 Å². The smallest absolute Gasteiger partial charge is 0.227 e. The summed E-state index contributed by atoms with van der Waals surface area (Å²) in [5, 5.41) is 17.4. The number of rotatable bonds is 5. The number of β-amino-alcohol motifs (C(OH)–C–C–N with tert-alkyl or cyclic N) is 1. The van der Waals surface area contributed by atoms with E-state index in [1.54, 1.807) is 0 Å². The van der Waals surface area contributed by atoms with E-state index in [1.165, 1.54) is 0 Å². The number of aryl methyl sites for hydroxylation is 1. The topological polar surface area (TPSA) is 101 Å². The van der Waals surface area contributed by atoms with Crippen LogP contribution in [0.5, 0.6) is 0 Å². The summed E-state index contributed by atoms with van der Waals surface area (Å²) >= 11 is 0. The van der Waals surface area contributed by atoms with Crippen LogP contribution in [0, 0.1) is 6.92 Å². The van der Waals surface area contributed by atoms with E-state index in [0.717, 1.165) is 35.9 Å². The van der Waals surface area contributed by atoms with Gasteiger partial charge in [-0.05, 0) is 13.3 Å². The van der Waals surface area contributed by atoms with Gasteiger partial charge < -0.3 is 19.6 Å². The Hall–Kier alpha value is -2.26. The Bertz CT molecular complexity index is 739. The minimum Gasteiger partial charge on any atom is -0.389 e. The zero-order valence-electron chi connectivity index (χ0n) is 14.4. The van der Waals surface area contributed by atoms with Crippen molar-refractivity contribution in [3.05, 3.63) is 23.1 Å². The van der Waals surface area contributed by atoms with Crippen LogP contribution in [0.15, 0.2) is 10.7 Å². The molecule has 1 N–H and O–H groups in total. The fourth-order valence-corrected chi connectivity index (χ4v) is 3.07. The third kappa shape index (κ3) is 3.29. The maximum absolute atomic E-state index is 9.59. The van der Waals surface area contributed by atoms with E-state index in [1.807, 2.05) is 29.8 Å². The van der Waals surface area contributed by atoms with Gasteiger partial charge in [-0.3, -0.25) is 0 Å². The lowest BCUT2D eigenvalue weighted by Gasteiger charge is -2.36. The summed E-state index contributed by atoms with van der Waals surface area (Å²) in [5.41, 5.74) is 2.55. The monoisotopic (exact) mass is 346 g/mol. The fraction of sp³-hybridized carbons (Fsp3) is 0.625. The summed E-state index contributed by atoms with van der Waals surface area (Å²) in [6, 6.07) is 2.02. The molecule has 9 heteroatoms. The summed E-state index contributed by atoms with van der Waals surface area (Å²) in [7, 11) is 1.96. The Balaban J connectivity index is 1.61. The van der Waals surface area contributed by atoms with Gasteiger partial charge in [0.15, 0.2) is 0 Å². The highest BCUT2D eigenvalue weighted by Gasteiger charge is 2.29. The average Bonchev–Trinajstić information content (AvgIpc) is 3.24. The largest absolute Gasteiger partial charge is 0.389 e. The van der Waals surface area contributed by atoms with Gasteiger partial charge in [-0.2, -0.15) is 4.98 Å². The van der Waals surface area contributed by atoms with Gasteiger partial charge in [0.2, 0.25) is 5.95 Å². The van der Waals surface area contributed by atoms with Gasteiger partial charge in [0.25, 0.3) is 0 Å². The number of anilines is 2. The zero-order chi connectivity index (χ0) is 17.4. The van der Waals surface area contributed by atoms with Gasteiger partial charge in [-0.25, -0.2) is 9.61 Å². The van der Waals surface area contributed by atoms with E-state index in [9.17, 15) is 5.11 Å². The van der Waals surface area contributed by atoms with E-state index in [0.29, 0.717) is 32.2 Å². The number of hydrogen-bond acceptors (Lipinski definition) is 9. The number of aromatic nitrogens is 4. The summed E-state index contributed by atoms with van der Waals surface area (Å²) in [4.78, 5) is 13.4. The minimum atomic E-state index is -0.299. The molecular formula is C16H22N6O3. The Morgan fingerprint density at radius 3 is 2.80 bits per heavy atom. The van der Waals surface area contributed by atoms with Gasteiger partial charge in [0.05, 0.1) is 24.9 Å². The summed E-state index contributed by atoms with van der Waals surface area (Å²) < 4.78 is 10.3. The van der Waals surface area contributed by atoms with Crippen LogP contribution in [-0.4, -0.2) is 64.8 Å². The van der Waals surface area contributed by atoms with Crippen molar-refractivity contribution in [1.82, 2.24) is 20.3 Å². The van der Waals surface area contributed by atoms with Gasteiger partial charge in [-0.1, -0.05) is 10.3 Å². The lowest BCUT2D eigenvalue weighted by atomic mass is 10.0. The van der Waals surface area contributed by atoms with Crippen LogP contribution >= 0.6 is 0 Å². The molecule has 0 amide bonds. The Kier molecular flexibility index (Phi) is 4.26. The van der Waals surface area contributed by atoms with Crippen molar-refractivity contribution in [1.29, 1.82) is 0 Å². The van der Waals surface area contributed by atoms with E-state index in [2.05, 4.69) is 15.3 Å². The highest BCUT2D eigenvalue weighted by atomic mass is 16.6. The molecule has 0 saturated carbocycles. The van der Waals surface area contributed by atoms with Crippen molar-refractivity contribution < 1.29 is 14.5 Å². The van der Waals surface area contributed by atoms with Crippen molar-refractivity contribution in [2.45, 2.75) is 31.9 Å². The van der Waals surface area contributed by atoms with E-state index in [4.69, 9.17) is 14.3 Å². The zero-order valence-corrected chi connectivity index (χ0v) is 14.4. The fourth-order valence-electron chi connectivity index (χ4n) is 3.07. The number of aliphatic hydroxyl groups excluding tert-OH is 1. The molecule has 25 heavy (non-hydrogen) atoms. The third-order valence-corrected chi connectivity index (χ3v) is 4.74. The van der Waals surface area contributed by atoms with E-state index < -0.39 is 0 Å². The molecule has 2 aromatic heterocycles. The SMILES string of the molecule is Cc1nonc1CN(C)c1cc([C@H]2CCOC2)nc(N2CC(O)C2)n1. The van der Waals surface area contributed by atoms with Crippen LogP contribution in [0.2, 0.25) is 0 Å². The van der Waals surface area contributed by atoms with Crippen molar-refractivity contribution in [3.63, 3.8) is 0 Å². The van der Waals surface area contributed by atoms with Gasteiger partial charge in [-0.15, -0.1) is 0 Å². The Morgan fingerprint density at radius 2 is 2.16 bits per heavy atom. The number of hydrogen-bond donors (Lipinski definition) is 1. The molecule has 4 rings (SSSR count). The average molecular weight is 346 g/mol. The van der Waals surface area contributed by atoms with Gasteiger partial charge in [0.1, 0.15) is 17.2 Å². The van der Waals surface area contributed by atoms with Crippen LogP contribution in [0.4, 0.5) is 11.8 Å². The van der Waals surface area contributed by atoms with Gasteiger partial charge in [0, 0.05) is 38.7 Å². The van der Waals surface area contributed by atoms with Crippen LogP contribution in [0.1, 0.15) is 29.4 Å². The predicted octanol–water partition coefficient (Wildman–Crippen LogP) is 0.489. The summed E-state index contributed by atoms with van der Waals surface area (Å²) in [6.07, 6.45) is 0.668. The second kappa shape index (κ2) is 6.57. The normalized spacial score (nSPS) is 20.8. The van der Waals surface area contributed by atoms with Crippen LogP contribution in [-0.2, 0) is 11.3 Å². The molecule has 2 aromatic rings. The molecule has 4 heterocycles. The first-order chi connectivity index (χ1) is 12.1. The molecule has 134 valence electrons. The predicted molar refractivity (Wildman–Crippen MR) is 89.6 cm³/mol. The molecule has 0 unspecified atom stereocenters. The number of ether oxygens (including phenoxy) is 1. The molecule has 0 radical (unpaired) electrons. The van der Waals surface area contributed by atoms with E-state index >= 15 is 0 Å². The lowest BCUT2D eigenvalue weighted by Crippen LogP contribution is -2.51. The first kappa shape index (κ1) is 16.2. The quantitative estimate of drug-likeness (QED) is 0.828. The molecule has 2 aliphatic heterocycles. The van der Waals surface area contributed by atoms with Crippen molar-refractivity contribution in [2.24, 2.45) is 0 Å². The minimum absolute atomic E-state index is 0.288. The molecule has 1 atom stereocenters. The van der Waals surface area contributed by atoms with Crippen molar-refractivity contribution in [3.8, 4) is 0 Å². The standard InChI is InChI=1S/C16H22N6O3/c1-10-14(20-25-19-10)8-21(2)15-5-13(11-3-4-24-9-11)17-16(18-15)22-6-12(23)7-22/h5,11-12,23H,3-4,6-9H2,1-2H3/t11-/m0/s1. The maximum atomic E-state index is 9.59. The molecule has 0 aliphatic carbocycles. The van der Waals surface area contributed by atoms with E-state index in [-0.39, 0.29) is 12.0 Å². The Labute approximate surface area is 145 Å². The molecule has 2 fully saturated rings. The first-order valence-electron chi connectivity index (χ1n) is 8.49. The summed E-state index contributed by atoms with van der Waals surface area (Å²) in [5.74, 6) is 1.76. The molecule has 0 spiro atoms. The molecule has 0 aromatic carbocycles. The molecule has 2 saturated heterocycles. The van der Waals surface area contributed by atoms with Crippen LogP contribution < -0.4 is 9.80 Å². The van der Waals surface area contributed by atoms with Gasteiger partial charge >= 0.3 is 0 Å². The van der Waals surface area contributed by atoms with Crippen molar-refractivity contribution >= 4 is 11.8 Å². The number of nitrogens with zero attached hydrogens (tertiary/aromatic N) is 6. The third-order valence-electron chi connectivity index (χ3n) is 4.74. The first-order valence-corrected chi connectivity index (χ1v) is 8.49. The molecule has 9 nitrogen and oxygen atoms in total. The highest BCUT2D eigenvalue weighted by molar-refractivity contribution is 5.48. The van der Waals surface area contributed by atoms with Crippen LogP contribution in [0.25, 0.3) is 0 Å². The second-order valence-corrected chi connectivity index (χ2v) is 6.72. The maximum Gasteiger partial charge on any atom is 0.227 e.